The Morgan fingerprint density at radius 2 is 2.29 bits per heavy atom. The monoisotopic (exact) mass is 389 g/mol. The first kappa shape index (κ1) is 17.9. The Balaban J connectivity index is 1.37. The van der Waals surface area contributed by atoms with E-state index in [9.17, 15) is 9.18 Å². The quantitative estimate of drug-likeness (QED) is 0.848. The molecule has 0 radical (unpaired) electrons. The Kier molecular flexibility index (Phi) is 4.28. The normalized spacial score (nSPS) is 22.4. The number of nitrogens with zero attached hydrogens (tertiary/aromatic N) is 2. The van der Waals surface area contributed by atoms with E-state index < -0.39 is 5.67 Å². The summed E-state index contributed by atoms with van der Waals surface area (Å²) in [6.45, 7) is 3.54. The number of aromatic nitrogens is 2. The van der Waals surface area contributed by atoms with Gasteiger partial charge in [0.05, 0.1) is 31.6 Å². The van der Waals surface area contributed by atoms with Crippen LogP contribution in [0.2, 0.25) is 0 Å². The molecule has 3 aliphatic rings. The minimum absolute atomic E-state index is 0.0830. The van der Waals surface area contributed by atoms with E-state index in [1.807, 2.05) is 13.1 Å². The molecule has 0 saturated carbocycles. The molecule has 150 valence electrons. The summed E-state index contributed by atoms with van der Waals surface area (Å²) in [4.78, 5) is 12.6. The number of carbonyl (C=O) groups excluding carboxylic acids is 1. The molecule has 0 bridgehead atoms. The maximum Gasteiger partial charge on any atom is 0.287 e. The first-order chi connectivity index (χ1) is 13.5. The number of ether oxygens (including phenoxy) is 2. The Hall–Kier alpha value is -2.19. The van der Waals surface area contributed by atoms with Gasteiger partial charge in [-0.1, -0.05) is 0 Å². The number of amides is 1. The smallest absolute Gasteiger partial charge is 0.287 e. The molecule has 4 heterocycles. The van der Waals surface area contributed by atoms with Crippen molar-refractivity contribution in [3.63, 3.8) is 0 Å². The largest absolute Gasteiger partial charge is 0.455 e. The second-order valence-electron chi connectivity index (χ2n) is 8.04. The first-order valence-electron chi connectivity index (χ1n) is 9.88. The van der Waals surface area contributed by atoms with Crippen molar-refractivity contribution in [3.05, 3.63) is 28.8 Å². The van der Waals surface area contributed by atoms with Gasteiger partial charge in [0.25, 0.3) is 5.91 Å². The highest BCUT2D eigenvalue weighted by Gasteiger charge is 2.40. The number of aryl methyl sites for hydroxylation is 2. The fourth-order valence-corrected chi connectivity index (χ4v) is 4.26. The Bertz CT molecular complexity index is 909. The topological polar surface area (TPSA) is 78.5 Å². The number of carbonyl (C=O) groups is 1. The van der Waals surface area contributed by atoms with Crippen LogP contribution in [-0.2, 0) is 28.9 Å². The van der Waals surface area contributed by atoms with Crippen LogP contribution in [0.15, 0.2) is 10.6 Å². The van der Waals surface area contributed by atoms with Crippen molar-refractivity contribution in [2.75, 3.05) is 26.4 Å². The van der Waals surface area contributed by atoms with Crippen molar-refractivity contribution < 1.29 is 23.1 Å². The highest BCUT2D eigenvalue weighted by Crippen LogP contribution is 2.38. The predicted molar refractivity (Wildman–Crippen MR) is 98.0 cm³/mol. The number of fused-ring (bicyclic) bond motifs is 3. The van der Waals surface area contributed by atoms with Gasteiger partial charge < -0.3 is 19.2 Å². The van der Waals surface area contributed by atoms with Crippen LogP contribution < -0.4 is 5.32 Å². The summed E-state index contributed by atoms with van der Waals surface area (Å²) in [5.74, 6) is 0.886. The molecule has 2 fully saturated rings. The average Bonchev–Trinajstić information content (AvgIpc) is 3.36. The molecule has 7 nitrogen and oxygen atoms in total. The summed E-state index contributed by atoms with van der Waals surface area (Å²) in [6.07, 6.45) is 5.46. The van der Waals surface area contributed by atoms with Crippen LogP contribution in [0, 0.1) is 6.92 Å². The van der Waals surface area contributed by atoms with Crippen molar-refractivity contribution >= 4 is 5.91 Å². The number of nitrogens with one attached hydrogen (secondary N) is 1. The Morgan fingerprint density at radius 3 is 3.00 bits per heavy atom. The van der Waals surface area contributed by atoms with Gasteiger partial charge in [-0.05, 0) is 31.7 Å². The van der Waals surface area contributed by atoms with Gasteiger partial charge in [-0.25, -0.2) is 4.39 Å². The molecular formula is C20H24FN3O4. The van der Waals surface area contributed by atoms with Crippen molar-refractivity contribution in [2.24, 2.45) is 0 Å². The molecule has 5 rings (SSSR count). The number of hydrogen-bond donors (Lipinski definition) is 1. The zero-order valence-corrected chi connectivity index (χ0v) is 15.9. The van der Waals surface area contributed by atoms with Gasteiger partial charge in [0.15, 0.2) is 11.4 Å². The van der Waals surface area contributed by atoms with Crippen molar-refractivity contribution in [3.8, 4) is 11.3 Å². The molecule has 28 heavy (non-hydrogen) atoms. The summed E-state index contributed by atoms with van der Waals surface area (Å²) >= 11 is 0. The summed E-state index contributed by atoms with van der Waals surface area (Å²) in [6, 6.07) is 0. The van der Waals surface area contributed by atoms with Crippen molar-refractivity contribution in [1.82, 2.24) is 15.1 Å². The minimum Gasteiger partial charge on any atom is -0.455 e. The molecule has 0 aromatic carbocycles. The van der Waals surface area contributed by atoms with E-state index in [1.54, 1.807) is 4.68 Å². The van der Waals surface area contributed by atoms with Crippen LogP contribution in [0.1, 0.15) is 40.3 Å². The van der Waals surface area contributed by atoms with E-state index in [1.165, 1.54) is 0 Å². The third kappa shape index (κ3) is 3.04. The molecule has 0 spiro atoms. The molecule has 8 heteroatoms. The van der Waals surface area contributed by atoms with Crippen LogP contribution in [0.3, 0.4) is 0 Å². The summed E-state index contributed by atoms with van der Waals surface area (Å²) in [5.41, 5.74) is 2.18. The van der Waals surface area contributed by atoms with Gasteiger partial charge in [0.2, 0.25) is 0 Å². The van der Waals surface area contributed by atoms with Gasteiger partial charge in [-0.3, -0.25) is 9.48 Å². The SMILES string of the molecule is Cc1c(C(=O)NC[C@@H]2CCCO2)oc2c1-c1nn(CC3(F)COC3)cc1CC2. The van der Waals surface area contributed by atoms with E-state index >= 15 is 0 Å². The van der Waals surface area contributed by atoms with Gasteiger partial charge in [-0.2, -0.15) is 5.10 Å². The number of hydrogen-bond acceptors (Lipinski definition) is 5. The van der Waals surface area contributed by atoms with Crippen LogP contribution in [0.25, 0.3) is 11.3 Å². The number of halogens is 1. The molecule has 2 aliphatic heterocycles. The lowest BCUT2D eigenvalue weighted by molar-refractivity contribution is -0.138. The second kappa shape index (κ2) is 6.70. The van der Waals surface area contributed by atoms with Crippen LogP contribution in [-0.4, -0.2) is 53.8 Å². The Morgan fingerprint density at radius 1 is 1.43 bits per heavy atom. The van der Waals surface area contributed by atoms with Crippen LogP contribution in [0.5, 0.6) is 0 Å². The van der Waals surface area contributed by atoms with Gasteiger partial charge in [0, 0.05) is 36.9 Å². The third-order valence-corrected chi connectivity index (χ3v) is 5.80. The maximum atomic E-state index is 14.4. The molecule has 1 amide bonds. The molecule has 2 aromatic rings. The van der Waals surface area contributed by atoms with E-state index in [2.05, 4.69) is 10.4 Å². The van der Waals surface area contributed by atoms with E-state index in [4.69, 9.17) is 13.9 Å². The molecule has 0 unspecified atom stereocenters. The highest BCUT2D eigenvalue weighted by atomic mass is 19.1. The molecule has 1 atom stereocenters. The van der Waals surface area contributed by atoms with Gasteiger partial charge in [-0.15, -0.1) is 0 Å². The molecule has 1 N–H and O–H groups in total. The second-order valence-corrected chi connectivity index (χ2v) is 8.04. The van der Waals surface area contributed by atoms with E-state index in [0.29, 0.717) is 18.7 Å². The van der Waals surface area contributed by atoms with Gasteiger partial charge >= 0.3 is 0 Å². The number of alkyl halides is 1. The van der Waals surface area contributed by atoms with E-state index in [0.717, 1.165) is 54.0 Å². The zero-order valence-electron chi connectivity index (χ0n) is 15.9. The number of furan rings is 1. The van der Waals surface area contributed by atoms with E-state index in [-0.39, 0.29) is 31.8 Å². The number of rotatable bonds is 5. The molecule has 1 aliphatic carbocycles. The van der Waals surface area contributed by atoms with Crippen molar-refractivity contribution in [2.45, 2.75) is 50.9 Å². The fourth-order valence-electron chi connectivity index (χ4n) is 4.26. The Labute approximate surface area is 162 Å². The van der Waals surface area contributed by atoms with Gasteiger partial charge in [0.1, 0.15) is 5.76 Å². The summed E-state index contributed by atoms with van der Waals surface area (Å²) in [7, 11) is 0. The standard InChI is InChI=1S/C20H24FN3O4/c1-12-16-15(28-18(12)19(25)22-7-14-3-2-6-27-14)5-4-13-8-24(23-17(13)16)9-20(21)10-26-11-20/h8,14H,2-7,9-11H2,1H3,(H,22,25)/t14-/m0/s1. The maximum absolute atomic E-state index is 14.4. The minimum atomic E-state index is -1.34. The fraction of sp³-hybridized carbons (Fsp3) is 0.600. The summed E-state index contributed by atoms with van der Waals surface area (Å²) < 4.78 is 32.5. The summed E-state index contributed by atoms with van der Waals surface area (Å²) in [5, 5.41) is 7.53. The third-order valence-electron chi connectivity index (χ3n) is 5.80. The predicted octanol–water partition coefficient (Wildman–Crippen LogP) is 2.20. The molecule has 2 aromatic heterocycles. The molecule has 2 saturated heterocycles. The lowest BCUT2D eigenvalue weighted by Crippen LogP contribution is -2.48. The molecular weight excluding hydrogens is 365 g/mol. The van der Waals surface area contributed by atoms with Crippen LogP contribution in [0.4, 0.5) is 4.39 Å². The first-order valence-corrected chi connectivity index (χ1v) is 9.88. The zero-order chi connectivity index (χ0) is 19.3. The van der Waals surface area contributed by atoms with Crippen LogP contribution >= 0.6 is 0 Å². The lowest BCUT2D eigenvalue weighted by atomic mass is 9.93. The van der Waals surface area contributed by atoms with Crippen molar-refractivity contribution in [1.29, 1.82) is 0 Å². The highest BCUT2D eigenvalue weighted by molar-refractivity contribution is 5.95. The lowest BCUT2D eigenvalue weighted by Gasteiger charge is -2.33. The average molecular weight is 389 g/mol.